The number of esters is 1. The van der Waals surface area contributed by atoms with Crippen molar-refractivity contribution in [2.75, 3.05) is 28.3 Å². The molecular weight excluding hydrogens is 408 g/mol. The number of methoxy groups -OCH3 is 2. The number of ether oxygens (including phenoxy) is 2. The summed E-state index contributed by atoms with van der Waals surface area (Å²) in [7, 11) is -0.462. The van der Waals surface area contributed by atoms with Crippen LogP contribution in [0.5, 0.6) is 5.75 Å². The van der Waals surface area contributed by atoms with E-state index in [2.05, 4.69) is 11.8 Å². The molecule has 1 heterocycles. The summed E-state index contributed by atoms with van der Waals surface area (Å²) >= 11 is 0. The molecule has 0 saturated heterocycles. The molecule has 0 aliphatic rings. The zero-order chi connectivity index (χ0) is 22.0. The summed E-state index contributed by atoms with van der Waals surface area (Å²) in [5, 5.41) is 0.649. The van der Waals surface area contributed by atoms with Crippen molar-refractivity contribution in [1.29, 1.82) is 0 Å². The molecule has 0 spiro atoms. The molecule has 0 aliphatic heterocycles. The lowest BCUT2D eigenvalue weighted by Crippen LogP contribution is -2.44. The quantitative estimate of drug-likeness (QED) is 0.408. The predicted molar refractivity (Wildman–Crippen MR) is 116 cm³/mol. The van der Waals surface area contributed by atoms with Crippen molar-refractivity contribution in [2.45, 2.75) is 19.6 Å². The van der Waals surface area contributed by atoms with E-state index in [4.69, 9.17) is 9.47 Å². The smallest absolute Gasteiger partial charge is 0.355 e. The Labute approximate surface area is 173 Å². The highest BCUT2D eigenvalue weighted by atomic mass is 32.2. The zero-order valence-corrected chi connectivity index (χ0v) is 19.5. The maximum atomic E-state index is 12.8. The maximum Gasteiger partial charge on any atom is 0.355 e. The first kappa shape index (κ1) is 22.7. The average Bonchev–Trinajstić information content (AvgIpc) is 3.06. The van der Waals surface area contributed by atoms with Crippen LogP contribution < -0.4 is 9.92 Å². The number of hydrogen-bond acceptors (Lipinski definition) is 5. The third-order valence-corrected chi connectivity index (χ3v) is 7.96. The van der Waals surface area contributed by atoms with Crippen molar-refractivity contribution >= 4 is 29.4 Å². The number of nitrogens with zero attached hydrogens (tertiary/aromatic N) is 2. The highest BCUT2D eigenvalue weighted by Crippen LogP contribution is 2.18. The minimum Gasteiger partial charge on any atom is -0.497 e. The van der Waals surface area contributed by atoms with Crippen molar-refractivity contribution in [2.24, 2.45) is 0 Å². The lowest BCUT2D eigenvalue weighted by molar-refractivity contribution is 0.0594. The van der Waals surface area contributed by atoms with E-state index in [-0.39, 0.29) is 5.69 Å². The van der Waals surface area contributed by atoms with Crippen molar-refractivity contribution in [1.82, 2.24) is 8.28 Å². The van der Waals surface area contributed by atoms with Gasteiger partial charge in [0.05, 0.1) is 22.3 Å². The van der Waals surface area contributed by atoms with E-state index in [1.807, 2.05) is 31.8 Å². The second-order valence-corrected chi connectivity index (χ2v) is 14.6. The van der Waals surface area contributed by atoms with Crippen molar-refractivity contribution < 1.29 is 22.7 Å². The second kappa shape index (κ2) is 8.45. The van der Waals surface area contributed by atoms with Crippen molar-refractivity contribution in [3.63, 3.8) is 0 Å². The SMILES string of the molecule is COC(=O)c1c([Si](C)(C)C)c(C#Cc2ccc(OC)cc2)cn1S(=O)(=O)N(C)C. The molecule has 0 unspecified atom stereocenters. The second-order valence-electron chi connectivity index (χ2n) is 7.57. The molecule has 0 atom stereocenters. The van der Waals surface area contributed by atoms with E-state index < -0.39 is 24.3 Å². The topological polar surface area (TPSA) is 77.8 Å². The van der Waals surface area contributed by atoms with Gasteiger partial charge in [-0.1, -0.05) is 31.5 Å². The number of aromatic nitrogens is 1. The summed E-state index contributed by atoms with van der Waals surface area (Å²) in [5.41, 5.74) is 1.26. The van der Waals surface area contributed by atoms with Gasteiger partial charge in [0.15, 0.2) is 0 Å². The number of carbonyl (C=O) groups is 1. The first-order chi connectivity index (χ1) is 13.4. The fourth-order valence-corrected chi connectivity index (χ4v) is 5.73. The molecule has 0 bridgehead atoms. The Bertz CT molecular complexity index is 1070. The lowest BCUT2D eigenvalue weighted by Gasteiger charge is -2.19. The fourth-order valence-electron chi connectivity index (χ4n) is 2.80. The summed E-state index contributed by atoms with van der Waals surface area (Å²) in [6.07, 6.45) is 1.41. The Morgan fingerprint density at radius 1 is 1.07 bits per heavy atom. The van der Waals surface area contributed by atoms with Crippen LogP contribution >= 0.6 is 0 Å². The van der Waals surface area contributed by atoms with E-state index >= 15 is 0 Å². The Balaban J connectivity index is 2.77. The van der Waals surface area contributed by atoms with Gasteiger partial charge in [-0.05, 0) is 29.5 Å². The average molecular weight is 435 g/mol. The first-order valence-corrected chi connectivity index (χ1v) is 13.8. The van der Waals surface area contributed by atoms with E-state index in [9.17, 15) is 13.2 Å². The van der Waals surface area contributed by atoms with Gasteiger partial charge in [-0.25, -0.2) is 8.77 Å². The third-order valence-electron chi connectivity index (χ3n) is 4.24. The number of rotatable bonds is 5. The van der Waals surface area contributed by atoms with E-state index in [1.54, 1.807) is 19.2 Å². The van der Waals surface area contributed by atoms with Gasteiger partial charge in [-0.3, -0.25) is 0 Å². The van der Waals surface area contributed by atoms with Crippen LogP contribution in [0.25, 0.3) is 0 Å². The van der Waals surface area contributed by atoms with Gasteiger partial charge in [-0.2, -0.15) is 12.7 Å². The standard InChI is InChI=1S/C20H26N2O5SSi/c1-21(2)28(24,25)22-14-16(11-8-15-9-12-17(26-3)13-10-15)19(29(5,6)7)18(22)20(23)27-4/h9-10,12-14H,1-7H3. The molecular formula is C20H26N2O5SSi. The minimum atomic E-state index is -3.93. The van der Waals surface area contributed by atoms with Gasteiger partial charge < -0.3 is 9.47 Å². The first-order valence-electron chi connectivity index (χ1n) is 8.86. The van der Waals surface area contributed by atoms with Crippen LogP contribution in [0.2, 0.25) is 19.6 Å². The van der Waals surface area contributed by atoms with E-state index in [0.29, 0.717) is 10.8 Å². The summed E-state index contributed by atoms with van der Waals surface area (Å²) in [6.45, 7) is 6.08. The Hall–Kier alpha value is -2.54. The molecule has 0 N–H and O–H groups in total. The number of carbonyl (C=O) groups excluding carboxylic acids is 1. The van der Waals surface area contributed by atoms with Crippen LogP contribution in [-0.4, -0.2) is 59.1 Å². The highest BCUT2D eigenvalue weighted by Gasteiger charge is 2.35. The predicted octanol–water partition coefficient (Wildman–Crippen LogP) is 1.88. The molecule has 0 amide bonds. The van der Waals surface area contributed by atoms with Crippen molar-refractivity contribution in [3.8, 4) is 17.6 Å². The largest absolute Gasteiger partial charge is 0.497 e. The van der Waals surface area contributed by atoms with Gasteiger partial charge in [0.1, 0.15) is 11.4 Å². The summed E-state index contributed by atoms with van der Waals surface area (Å²) in [5.74, 6) is 6.12. The molecule has 2 aromatic rings. The van der Waals surface area contributed by atoms with Crippen molar-refractivity contribution in [3.05, 3.63) is 47.3 Å². The molecule has 9 heteroatoms. The van der Waals surface area contributed by atoms with Crippen LogP contribution in [0.3, 0.4) is 0 Å². The number of benzene rings is 1. The molecule has 0 saturated carbocycles. The molecule has 0 fully saturated rings. The monoisotopic (exact) mass is 434 g/mol. The van der Waals surface area contributed by atoms with E-state index in [0.717, 1.165) is 19.6 Å². The van der Waals surface area contributed by atoms with E-state index in [1.165, 1.54) is 27.4 Å². The van der Waals surface area contributed by atoms with Crippen LogP contribution in [0.1, 0.15) is 21.6 Å². The highest BCUT2D eigenvalue weighted by molar-refractivity contribution is 7.87. The molecule has 0 aliphatic carbocycles. The molecule has 1 aromatic carbocycles. The van der Waals surface area contributed by atoms with Crippen LogP contribution in [0, 0.1) is 11.8 Å². The number of hydrogen-bond donors (Lipinski definition) is 0. The summed E-state index contributed by atoms with van der Waals surface area (Å²) < 4.78 is 37.8. The van der Waals surface area contributed by atoms with Gasteiger partial charge >= 0.3 is 16.2 Å². The molecule has 7 nitrogen and oxygen atoms in total. The fraction of sp³-hybridized carbons (Fsp3) is 0.350. The molecule has 1 aromatic heterocycles. The van der Waals surface area contributed by atoms with Gasteiger partial charge in [-0.15, -0.1) is 0 Å². The molecule has 0 radical (unpaired) electrons. The van der Waals surface area contributed by atoms with Gasteiger partial charge in [0, 0.05) is 31.4 Å². The van der Waals surface area contributed by atoms with Crippen LogP contribution in [0.15, 0.2) is 30.5 Å². The van der Waals surface area contributed by atoms with Gasteiger partial charge in [0.2, 0.25) is 0 Å². The van der Waals surface area contributed by atoms with Crippen LogP contribution in [0.4, 0.5) is 0 Å². The normalized spacial score (nSPS) is 11.7. The zero-order valence-electron chi connectivity index (χ0n) is 17.7. The Kier molecular flexibility index (Phi) is 6.62. The molecule has 2 rings (SSSR count). The Morgan fingerprint density at radius 3 is 2.10 bits per heavy atom. The summed E-state index contributed by atoms with van der Waals surface area (Å²) in [6, 6.07) is 7.22. The Morgan fingerprint density at radius 2 is 1.66 bits per heavy atom. The molecule has 29 heavy (non-hydrogen) atoms. The van der Waals surface area contributed by atoms with Crippen LogP contribution in [-0.2, 0) is 14.9 Å². The van der Waals surface area contributed by atoms with Gasteiger partial charge in [0.25, 0.3) is 0 Å². The minimum absolute atomic E-state index is 0.0133. The third kappa shape index (κ3) is 4.72. The molecule has 156 valence electrons. The summed E-state index contributed by atoms with van der Waals surface area (Å²) in [4.78, 5) is 12.6. The lowest BCUT2D eigenvalue weighted by atomic mass is 10.2. The maximum absolute atomic E-state index is 12.8.